The van der Waals surface area contributed by atoms with E-state index >= 15 is 0 Å². The summed E-state index contributed by atoms with van der Waals surface area (Å²) in [5, 5.41) is -0.184. The lowest BCUT2D eigenvalue weighted by Crippen LogP contribution is -2.19. The number of ether oxygens (including phenoxy) is 2. The second-order valence-electron chi connectivity index (χ2n) is 8.64. The first-order valence-corrected chi connectivity index (χ1v) is 13.5. The highest BCUT2D eigenvalue weighted by atomic mass is 35.5. The van der Waals surface area contributed by atoms with Crippen molar-refractivity contribution in [1.29, 1.82) is 0 Å². The third kappa shape index (κ3) is 5.87. The van der Waals surface area contributed by atoms with Crippen LogP contribution in [-0.4, -0.2) is 41.2 Å². The van der Waals surface area contributed by atoms with Crippen LogP contribution in [0.25, 0.3) is 11.6 Å². The number of aromatic nitrogens is 4. The highest BCUT2D eigenvalue weighted by Gasteiger charge is 2.28. The zero-order chi connectivity index (χ0) is 26.8. The molecular weight excluding hydrogens is 538 g/mol. The Hall–Kier alpha value is -3.61. The van der Waals surface area contributed by atoms with Gasteiger partial charge in [-0.1, -0.05) is 44.5 Å². The number of thiophene rings is 1. The summed E-state index contributed by atoms with van der Waals surface area (Å²) in [6.45, 7) is 5.29. The van der Waals surface area contributed by atoms with Crippen LogP contribution in [0.5, 0.6) is 17.2 Å². The van der Waals surface area contributed by atoms with E-state index in [9.17, 15) is 13.2 Å². The number of carbonyl (C=O) groups is 1. The van der Waals surface area contributed by atoms with Gasteiger partial charge in [0.2, 0.25) is 11.6 Å². The quantitative estimate of drug-likeness (QED) is 0.220. The van der Waals surface area contributed by atoms with Gasteiger partial charge >= 0.3 is 0 Å². The fourth-order valence-corrected chi connectivity index (χ4v) is 5.71. The van der Waals surface area contributed by atoms with Crippen LogP contribution in [0, 0.1) is 5.41 Å². The average molecular weight is 560 g/mol. The van der Waals surface area contributed by atoms with E-state index in [-0.39, 0.29) is 44.1 Å². The molecular formula is C24H22ClN5O5S2. The predicted octanol–water partition coefficient (Wildman–Crippen LogP) is 5.48. The maximum atomic E-state index is 13.3. The molecule has 10 nitrogen and oxygen atoms in total. The molecule has 0 fully saturated rings. The second-order valence-corrected chi connectivity index (χ2v) is 12.0. The summed E-state index contributed by atoms with van der Waals surface area (Å²) < 4.78 is 40.3. The number of carbonyl (C=O) groups excluding carboxylic acids is 1. The highest BCUT2D eigenvalue weighted by molar-refractivity contribution is 7.94. The molecule has 4 rings (SSSR count). The lowest BCUT2D eigenvalue weighted by Gasteiger charge is -2.16. The first kappa shape index (κ1) is 26.5. The maximum Gasteiger partial charge on any atom is 0.272 e. The minimum Gasteiger partial charge on any atom is -0.493 e. The van der Waals surface area contributed by atoms with Crippen molar-refractivity contribution >= 4 is 44.6 Å². The van der Waals surface area contributed by atoms with Crippen LogP contribution >= 0.6 is 22.9 Å². The Bertz CT molecular complexity index is 1550. The summed E-state index contributed by atoms with van der Waals surface area (Å²) in [4.78, 5) is 29.7. The maximum absolute atomic E-state index is 13.3. The molecule has 0 saturated carbocycles. The van der Waals surface area contributed by atoms with E-state index < -0.39 is 15.4 Å². The lowest BCUT2D eigenvalue weighted by molar-refractivity contribution is 0.0863. The molecule has 0 radical (unpaired) electrons. The number of hydrogen-bond acceptors (Lipinski definition) is 10. The molecule has 37 heavy (non-hydrogen) atoms. The molecule has 0 unspecified atom stereocenters. The normalized spacial score (nSPS) is 11.7. The van der Waals surface area contributed by atoms with Crippen LogP contribution in [0.1, 0.15) is 30.4 Å². The Morgan fingerprint density at radius 3 is 2.30 bits per heavy atom. The summed E-state index contributed by atoms with van der Waals surface area (Å²) in [5.74, 6) is 0.170. The molecule has 0 saturated heterocycles. The predicted molar refractivity (Wildman–Crippen MR) is 140 cm³/mol. The fourth-order valence-electron chi connectivity index (χ4n) is 3.04. The minimum atomic E-state index is -4.20. The van der Waals surface area contributed by atoms with E-state index in [1.807, 2.05) is 0 Å². The van der Waals surface area contributed by atoms with E-state index in [4.69, 9.17) is 21.1 Å². The van der Waals surface area contributed by atoms with Gasteiger partial charge in [-0.3, -0.25) is 9.52 Å². The molecule has 0 aliphatic heterocycles. The molecule has 0 atom stereocenters. The summed E-state index contributed by atoms with van der Waals surface area (Å²) in [6, 6.07) is 11.2. The standard InChI is InChI=1S/C24H22ClN5O5S2/c1-24(2,3)19(31)16-10-11-17(36-16)37(32,33)30-21-18(35-15-9-6-5-8-14(15)34-4)20(25)28-23(29-21)22-26-12-7-13-27-22/h5-13H,1-4H3,(H,28,29,30). The fraction of sp³-hybridized carbons (Fsp3) is 0.208. The Morgan fingerprint density at radius 2 is 1.65 bits per heavy atom. The number of anilines is 1. The average Bonchev–Trinajstić information content (AvgIpc) is 3.37. The van der Waals surface area contributed by atoms with E-state index in [0.717, 1.165) is 11.3 Å². The molecule has 4 aromatic rings. The zero-order valence-electron chi connectivity index (χ0n) is 20.2. The van der Waals surface area contributed by atoms with Crippen molar-refractivity contribution in [3.63, 3.8) is 0 Å². The van der Waals surface area contributed by atoms with E-state index in [0.29, 0.717) is 10.6 Å². The number of Topliss-reactive ketones (excluding diaryl/α,β-unsaturated/α-hetero) is 1. The Labute approximate surface area is 222 Å². The molecule has 0 bridgehead atoms. The van der Waals surface area contributed by atoms with Crippen LogP contribution in [0.15, 0.2) is 59.1 Å². The van der Waals surface area contributed by atoms with Crippen LogP contribution in [0.4, 0.5) is 5.82 Å². The van der Waals surface area contributed by atoms with Crippen molar-refractivity contribution in [2.75, 3.05) is 11.8 Å². The van der Waals surface area contributed by atoms with Crippen molar-refractivity contribution in [2.24, 2.45) is 5.41 Å². The molecule has 0 aliphatic carbocycles. The second kappa shape index (κ2) is 10.4. The molecule has 0 spiro atoms. The molecule has 0 amide bonds. The number of halogens is 1. The monoisotopic (exact) mass is 559 g/mol. The number of ketones is 1. The summed E-state index contributed by atoms with van der Waals surface area (Å²) in [7, 11) is -2.74. The number of methoxy groups -OCH3 is 1. The van der Waals surface area contributed by atoms with Gasteiger partial charge in [0.15, 0.2) is 34.1 Å². The molecule has 192 valence electrons. The Balaban J connectivity index is 1.78. The molecule has 1 aromatic carbocycles. The number of hydrogen-bond donors (Lipinski definition) is 1. The molecule has 3 aromatic heterocycles. The SMILES string of the molecule is COc1ccccc1Oc1c(Cl)nc(-c2ncccn2)nc1NS(=O)(=O)c1ccc(C(=O)C(C)(C)C)s1. The van der Waals surface area contributed by atoms with Crippen LogP contribution in [-0.2, 0) is 10.0 Å². The summed E-state index contributed by atoms with van der Waals surface area (Å²) in [5.41, 5.74) is -0.667. The van der Waals surface area contributed by atoms with Crippen molar-refractivity contribution in [1.82, 2.24) is 19.9 Å². The van der Waals surface area contributed by atoms with Gasteiger partial charge < -0.3 is 9.47 Å². The van der Waals surface area contributed by atoms with Crippen molar-refractivity contribution < 1.29 is 22.7 Å². The molecule has 3 heterocycles. The van der Waals surface area contributed by atoms with Gasteiger partial charge in [0, 0.05) is 17.8 Å². The lowest BCUT2D eigenvalue weighted by atomic mass is 9.90. The van der Waals surface area contributed by atoms with E-state index in [1.165, 1.54) is 31.6 Å². The van der Waals surface area contributed by atoms with Crippen molar-refractivity contribution in [3.8, 4) is 28.9 Å². The van der Waals surface area contributed by atoms with Gasteiger partial charge in [-0.2, -0.15) is 0 Å². The number of sulfonamides is 1. The first-order valence-electron chi connectivity index (χ1n) is 10.8. The Kier molecular flexibility index (Phi) is 7.44. The van der Waals surface area contributed by atoms with Crippen molar-refractivity contribution in [3.05, 3.63) is 64.9 Å². The van der Waals surface area contributed by atoms with Gasteiger partial charge in [-0.15, -0.1) is 11.3 Å². The third-order valence-corrected chi connectivity index (χ3v) is 8.02. The van der Waals surface area contributed by atoms with E-state index in [2.05, 4.69) is 24.7 Å². The van der Waals surface area contributed by atoms with Gasteiger partial charge in [0.1, 0.15) is 4.21 Å². The van der Waals surface area contributed by atoms with Crippen LogP contribution < -0.4 is 14.2 Å². The number of nitrogens with zero attached hydrogens (tertiary/aromatic N) is 4. The van der Waals surface area contributed by atoms with Gasteiger partial charge in [-0.25, -0.2) is 28.4 Å². The molecule has 13 heteroatoms. The number of nitrogens with one attached hydrogen (secondary N) is 1. The smallest absolute Gasteiger partial charge is 0.272 e. The van der Waals surface area contributed by atoms with Crippen LogP contribution in [0.3, 0.4) is 0 Å². The molecule has 0 aliphatic rings. The summed E-state index contributed by atoms with van der Waals surface area (Å²) >= 11 is 7.30. The molecule has 1 N–H and O–H groups in total. The number of benzene rings is 1. The summed E-state index contributed by atoms with van der Waals surface area (Å²) in [6.07, 6.45) is 2.98. The largest absolute Gasteiger partial charge is 0.493 e. The number of rotatable bonds is 8. The minimum absolute atomic E-state index is 0.0227. The van der Waals surface area contributed by atoms with E-state index in [1.54, 1.807) is 51.1 Å². The van der Waals surface area contributed by atoms with Gasteiger partial charge in [0.25, 0.3) is 10.0 Å². The highest BCUT2D eigenvalue weighted by Crippen LogP contribution is 2.40. The van der Waals surface area contributed by atoms with Gasteiger partial charge in [-0.05, 0) is 30.3 Å². The zero-order valence-corrected chi connectivity index (χ0v) is 22.6. The third-order valence-electron chi connectivity index (χ3n) is 4.85. The van der Waals surface area contributed by atoms with Crippen LogP contribution in [0.2, 0.25) is 5.15 Å². The van der Waals surface area contributed by atoms with Gasteiger partial charge in [0.05, 0.1) is 12.0 Å². The van der Waals surface area contributed by atoms with Crippen molar-refractivity contribution in [2.45, 2.75) is 25.0 Å². The number of para-hydroxylation sites is 2. The topological polar surface area (TPSA) is 133 Å². The Morgan fingerprint density at radius 1 is 0.973 bits per heavy atom. The first-order chi connectivity index (χ1) is 17.5.